The first-order valence-corrected chi connectivity index (χ1v) is 3.44. The van der Waals surface area contributed by atoms with Crippen LogP contribution in [-0.4, -0.2) is 9.78 Å². The van der Waals surface area contributed by atoms with Gasteiger partial charge in [-0.05, 0) is 27.7 Å². The van der Waals surface area contributed by atoms with Gasteiger partial charge in [-0.3, -0.25) is 4.68 Å². The number of aryl methyl sites for hydroxylation is 1. The average Bonchev–Trinajstić information content (AvgIpc) is 2.11. The molecule has 0 atom stereocenters. The Kier molecular flexibility index (Phi) is 1.55. The third-order valence-corrected chi connectivity index (χ3v) is 1.40. The van der Waals surface area contributed by atoms with Crippen LogP contribution in [0.25, 0.3) is 0 Å². The van der Waals surface area contributed by atoms with Gasteiger partial charge in [-0.25, -0.2) is 0 Å². The minimum Gasteiger partial charge on any atom is -0.264 e. The molecule has 0 spiro atoms. The molecule has 1 radical (unpaired) electrons. The first kappa shape index (κ1) is 7.32. The van der Waals surface area contributed by atoms with E-state index in [-0.39, 0.29) is 5.54 Å². The van der Waals surface area contributed by atoms with Crippen molar-refractivity contribution in [2.45, 2.75) is 33.2 Å². The maximum Gasteiger partial charge on any atom is 0.0572 e. The maximum absolute atomic E-state index is 4.15. The number of hydrogen-bond acceptors (Lipinski definition) is 1. The minimum atomic E-state index is 0.0874. The lowest BCUT2D eigenvalue weighted by atomic mass is 10.1. The topological polar surface area (TPSA) is 17.8 Å². The molecule has 0 aromatic carbocycles. The van der Waals surface area contributed by atoms with Crippen molar-refractivity contribution in [3.63, 3.8) is 0 Å². The molecule has 1 heterocycles. The van der Waals surface area contributed by atoms with Gasteiger partial charge < -0.3 is 0 Å². The predicted molar refractivity (Wildman–Crippen MR) is 40.8 cm³/mol. The fourth-order valence-corrected chi connectivity index (χ4v) is 1.00. The second-order valence-corrected chi connectivity index (χ2v) is 3.46. The Morgan fingerprint density at radius 1 is 1.50 bits per heavy atom. The Morgan fingerprint density at radius 3 is 2.30 bits per heavy atom. The van der Waals surface area contributed by atoms with Crippen molar-refractivity contribution in [2.75, 3.05) is 0 Å². The highest BCUT2D eigenvalue weighted by Crippen LogP contribution is 2.13. The second-order valence-electron chi connectivity index (χ2n) is 3.46. The molecule has 1 rings (SSSR count). The van der Waals surface area contributed by atoms with Gasteiger partial charge in [-0.2, -0.15) is 5.10 Å². The molecular weight excluding hydrogens is 124 g/mol. The molecular formula is C8H13N2. The third-order valence-electron chi connectivity index (χ3n) is 1.40. The van der Waals surface area contributed by atoms with Gasteiger partial charge in [0.2, 0.25) is 0 Å². The number of rotatable bonds is 0. The summed E-state index contributed by atoms with van der Waals surface area (Å²) < 4.78 is 1.97. The molecule has 0 unspecified atom stereocenters. The van der Waals surface area contributed by atoms with Crippen LogP contribution in [0.5, 0.6) is 0 Å². The first-order valence-electron chi connectivity index (χ1n) is 3.44. The molecule has 2 nitrogen and oxygen atoms in total. The Balaban J connectivity index is 3.05. The van der Waals surface area contributed by atoms with Crippen molar-refractivity contribution in [2.24, 2.45) is 0 Å². The summed E-state index contributed by atoms with van der Waals surface area (Å²) in [5.41, 5.74) is 1.18. The van der Waals surface area contributed by atoms with Gasteiger partial charge in [0, 0.05) is 11.8 Å². The molecule has 0 aliphatic carbocycles. The van der Waals surface area contributed by atoms with E-state index in [1.54, 1.807) is 6.20 Å². The second kappa shape index (κ2) is 2.11. The fourth-order valence-electron chi connectivity index (χ4n) is 1.00. The lowest BCUT2D eigenvalue weighted by Crippen LogP contribution is -2.24. The van der Waals surface area contributed by atoms with Gasteiger partial charge in [-0.1, -0.05) is 0 Å². The van der Waals surface area contributed by atoms with Crippen molar-refractivity contribution in [1.29, 1.82) is 0 Å². The lowest BCUT2D eigenvalue weighted by Gasteiger charge is -2.20. The highest BCUT2D eigenvalue weighted by molar-refractivity contribution is 4.97. The summed E-state index contributed by atoms with van der Waals surface area (Å²) in [6.07, 6.45) is 1.71. The highest BCUT2D eigenvalue weighted by Gasteiger charge is 2.14. The average molecular weight is 137 g/mol. The monoisotopic (exact) mass is 137 g/mol. The predicted octanol–water partition coefficient (Wildman–Crippen LogP) is 1.75. The van der Waals surface area contributed by atoms with Crippen LogP contribution < -0.4 is 0 Å². The summed E-state index contributed by atoms with van der Waals surface area (Å²) in [6.45, 7) is 8.39. The van der Waals surface area contributed by atoms with E-state index in [0.717, 1.165) is 5.69 Å². The summed E-state index contributed by atoms with van der Waals surface area (Å²) in [7, 11) is 0. The molecule has 1 aromatic rings. The molecule has 0 N–H and O–H groups in total. The molecule has 0 saturated heterocycles. The quantitative estimate of drug-likeness (QED) is 0.532. The fraction of sp³-hybridized carbons (Fsp3) is 0.625. The van der Waals surface area contributed by atoms with Crippen LogP contribution in [-0.2, 0) is 5.54 Å². The lowest BCUT2D eigenvalue weighted by molar-refractivity contribution is 0.348. The molecule has 1 aromatic heterocycles. The van der Waals surface area contributed by atoms with Crippen LogP contribution in [0.15, 0.2) is 6.20 Å². The van der Waals surface area contributed by atoms with Crippen molar-refractivity contribution in [1.82, 2.24) is 9.78 Å². The summed E-state index contributed by atoms with van der Waals surface area (Å²) in [5, 5.41) is 4.15. The molecule has 0 bridgehead atoms. The van der Waals surface area contributed by atoms with Gasteiger partial charge in [0.05, 0.1) is 11.7 Å². The van der Waals surface area contributed by atoms with Crippen molar-refractivity contribution in [3.8, 4) is 0 Å². The van der Waals surface area contributed by atoms with Crippen LogP contribution in [0, 0.1) is 13.0 Å². The number of nitrogens with zero attached hydrogens (tertiary/aromatic N) is 2. The summed E-state index contributed by atoms with van der Waals surface area (Å²) in [6, 6.07) is 3.03. The van der Waals surface area contributed by atoms with E-state index in [9.17, 15) is 0 Å². The van der Waals surface area contributed by atoms with E-state index < -0.39 is 0 Å². The summed E-state index contributed by atoms with van der Waals surface area (Å²) >= 11 is 0. The molecule has 0 fully saturated rings. The van der Waals surface area contributed by atoms with Gasteiger partial charge in [0.1, 0.15) is 0 Å². The van der Waals surface area contributed by atoms with Crippen LogP contribution in [0.2, 0.25) is 0 Å². The van der Waals surface area contributed by atoms with Crippen molar-refractivity contribution >= 4 is 0 Å². The number of aromatic nitrogens is 2. The van der Waals surface area contributed by atoms with Gasteiger partial charge in [0.15, 0.2) is 0 Å². The molecule has 0 saturated carbocycles. The minimum absolute atomic E-state index is 0.0874. The van der Waals surface area contributed by atoms with E-state index in [1.165, 1.54) is 0 Å². The standard InChI is InChI=1S/C8H13N2/c1-7-5-6-9-10(7)8(2,3)4/h6H,1-4H3. The summed E-state index contributed by atoms with van der Waals surface area (Å²) in [4.78, 5) is 0. The molecule has 2 heteroatoms. The highest BCUT2D eigenvalue weighted by atomic mass is 15.3. The normalized spacial score (nSPS) is 12.0. The van der Waals surface area contributed by atoms with Crippen molar-refractivity contribution in [3.05, 3.63) is 18.0 Å². The Bertz CT molecular complexity index is 217. The maximum atomic E-state index is 4.15. The molecule has 10 heavy (non-hydrogen) atoms. The van der Waals surface area contributed by atoms with E-state index in [0.29, 0.717) is 0 Å². The molecule has 55 valence electrons. The SMILES string of the molecule is Cc1[c]cnn1C(C)(C)C. The van der Waals surface area contributed by atoms with Crippen LogP contribution >= 0.6 is 0 Å². The van der Waals surface area contributed by atoms with E-state index in [4.69, 9.17) is 0 Å². The molecule has 0 amide bonds. The number of hydrogen-bond donors (Lipinski definition) is 0. The third kappa shape index (κ3) is 1.20. The Labute approximate surface area is 61.9 Å². The zero-order chi connectivity index (χ0) is 7.78. The smallest absolute Gasteiger partial charge is 0.0572 e. The largest absolute Gasteiger partial charge is 0.264 e. The van der Waals surface area contributed by atoms with E-state index in [1.807, 2.05) is 11.6 Å². The molecule has 0 aliphatic rings. The van der Waals surface area contributed by atoms with Gasteiger partial charge in [-0.15, -0.1) is 0 Å². The zero-order valence-corrected chi connectivity index (χ0v) is 6.97. The van der Waals surface area contributed by atoms with Crippen LogP contribution in [0.1, 0.15) is 26.5 Å². The van der Waals surface area contributed by atoms with Gasteiger partial charge >= 0.3 is 0 Å². The van der Waals surface area contributed by atoms with Gasteiger partial charge in [0.25, 0.3) is 0 Å². The van der Waals surface area contributed by atoms with Crippen LogP contribution in [0.3, 0.4) is 0 Å². The Morgan fingerprint density at radius 2 is 2.10 bits per heavy atom. The zero-order valence-electron chi connectivity index (χ0n) is 6.97. The Hall–Kier alpha value is -0.790. The van der Waals surface area contributed by atoms with Crippen molar-refractivity contribution < 1.29 is 0 Å². The molecule has 0 aliphatic heterocycles. The van der Waals surface area contributed by atoms with Crippen LogP contribution in [0.4, 0.5) is 0 Å². The summed E-state index contributed by atoms with van der Waals surface area (Å²) in [5.74, 6) is 0. The van der Waals surface area contributed by atoms with E-state index in [2.05, 4.69) is 31.9 Å². The first-order chi connectivity index (χ1) is 4.52. The van der Waals surface area contributed by atoms with E-state index >= 15 is 0 Å².